The molecule has 0 aliphatic carbocycles. The van der Waals surface area contributed by atoms with Crippen molar-refractivity contribution in [3.8, 4) is 0 Å². The van der Waals surface area contributed by atoms with Gasteiger partial charge in [0.25, 0.3) is 0 Å². The normalized spacial score (nSPS) is 12.4. The molecule has 0 bridgehead atoms. The summed E-state index contributed by atoms with van der Waals surface area (Å²) in [7, 11) is -3.99. The summed E-state index contributed by atoms with van der Waals surface area (Å²) in [5.74, 6) is -0.917. The van der Waals surface area contributed by atoms with Crippen molar-refractivity contribution in [2.45, 2.75) is 24.8 Å². The molecule has 0 fully saturated rings. The van der Waals surface area contributed by atoms with Gasteiger partial charge in [0, 0.05) is 0 Å². The molecule has 1 atom stereocenters. The third-order valence-electron chi connectivity index (χ3n) is 3.78. The quantitative estimate of drug-likeness (QED) is 0.318. The Balaban J connectivity index is 2.39. The van der Waals surface area contributed by atoms with Crippen LogP contribution < -0.4 is 4.72 Å². The number of hydrogen-bond donors (Lipinski definition) is 1. The number of nitrogens with one attached hydrogen (secondary N) is 1. The van der Waals surface area contributed by atoms with E-state index in [0.29, 0.717) is 0 Å². The van der Waals surface area contributed by atoms with Crippen molar-refractivity contribution < 1.29 is 22.7 Å². The molecule has 1 unspecified atom stereocenters. The van der Waals surface area contributed by atoms with Crippen molar-refractivity contribution in [3.05, 3.63) is 77.3 Å². The second-order valence-corrected chi connectivity index (χ2v) is 7.60. The molecule has 8 heteroatoms. The van der Waals surface area contributed by atoms with E-state index in [-0.39, 0.29) is 11.5 Å². The molecule has 0 aromatic heterocycles. The Morgan fingerprint density at radius 1 is 1.18 bits per heavy atom. The Bertz CT molecular complexity index is 994. The van der Waals surface area contributed by atoms with Gasteiger partial charge in [-0.1, -0.05) is 60.2 Å². The second-order valence-electron chi connectivity index (χ2n) is 5.89. The minimum atomic E-state index is -3.99. The molecule has 7 nitrogen and oxygen atoms in total. The largest absolute Gasteiger partial charge is 0.457 e. The molecule has 0 saturated carbocycles. The number of nitrogens with zero attached hydrogens (tertiary/aromatic N) is 2. The van der Waals surface area contributed by atoms with Gasteiger partial charge in [0.2, 0.25) is 10.0 Å². The van der Waals surface area contributed by atoms with E-state index in [0.717, 1.165) is 11.1 Å². The number of aryl methyl sites for hydroxylation is 1. The number of esters is 1. The fourth-order valence-corrected chi connectivity index (χ4v) is 3.50. The number of carbonyl (C=O) groups excluding carboxylic acids is 1. The van der Waals surface area contributed by atoms with Crippen molar-refractivity contribution >= 4 is 27.8 Å². The lowest BCUT2D eigenvalue weighted by molar-refractivity contribution is -0.140. The van der Waals surface area contributed by atoms with E-state index in [4.69, 9.17) is 4.74 Å². The van der Waals surface area contributed by atoms with Crippen molar-refractivity contribution in [1.82, 2.24) is 4.72 Å². The van der Waals surface area contributed by atoms with Crippen molar-refractivity contribution in [2.75, 3.05) is 6.61 Å². The number of ether oxygens (including phenoxy) is 1. The summed E-state index contributed by atoms with van der Waals surface area (Å²) in [4.78, 5) is 15.1. The van der Waals surface area contributed by atoms with Crippen LogP contribution in [-0.4, -0.2) is 37.5 Å². The lowest BCUT2D eigenvalue weighted by Crippen LogP contribution is -2.43. The monoisotopic (exact) mass is 399 g/mol. The summed E-state index contributed by atoms with van der Waals surface area (Å²) >= 11 is 0. The van der Waals surface area contributed by atoms with Gasteiger partial charge in [0.05, 0.1) is 11.5 Å². The van der Waals surface area contributed by atoms with Gasteiger partial charge in [0.1, 0.15) is 6.04 Å². The standard InChI is InChI=1S/C20H21N3O4S/c1-3-27-20(24)19(22-21)18(14-11-16-7-5-4-6-8-16)23-28(25,26)17-12-9-15(2)10-13-17/h4-14,18,23H,3H2,1-2H3/b14-11+. The Labute approximate surface area is 164 Å². The highest BCUT2D eigenvalue weighted by molar-refractivity contribution is 7.89. The average Bonchev–Trinajstić information content (AvgIpc) is 2.67. The molecule has 1 N–H and O–H groups in total. The van der Waals surface area contributed by atoms with Crippen molar-refractivity contribution in [3.63, 3.8) is 0 Å². The lowest BCUT2D eigenvalue weighted by atomic mass is 10.1. The van der Waals surface area contributed by atoms with E-state index in [1.807, 2.05) is 37.3 Å². The number of hydrogen-bond acceptors (Lipinski definition) is 4. The molecule has 0 aliphatic rings. The maximum absolute atomic E-state index is 12.7. The lowest BCUT2D eigenvalue weighted by Gasteiger charge is -2.12. The molecule has 2 rings (SSSR count). The number of sulfonamides is 1. The highest BCUT2D eigenvalue weighted by Crippen LogP contribution is 2.12. The molecule has 2 aromatic carbocycles. The topological polar surface area (TPSA) is 109 Å². The number of benzene rings is 2. The van der Waals surface area contributed by atoms with Gasteiger partial charge in [0.15, 0.2) is 0 Å². The van der Waals surface area contributed by atoms with Crippen molar-refractivity contribution in [2.24, 2.45) is 0 Å². The van der Waals surface area contributed by atoms with Gasteiger partial charge in [-0.25, -0.2) is 13.2 Å². The molecule has 0 heterocycles. The smallest absolute Gasteiger partial charge is 0.419 e. The van der Waals surface area contributed by atoms with Crippen LogP contribution >= 0.6 is 0 Å². The Kier molecular flexibility index (Phi) is 7.40. The molecule has 0 radical (unpaired) electrons. The molecule has 0 aliphatic heterocycles. The maximum Gasteiger partial charge on any atom is 0.419 e. The zero-order valence-electron chi connectivity index (χ0n) is 15.6. The Hall–Kier alpha value is -3.06. The number of rotatable bonds is 8. The van der Waals surface area contributed by atoms with Gasteiger partial charge in [-0.05, 0) is 31.5 Å². The minimum Gasteiger partial charge on any atom is -0.457 e. The van der Waals surface area contributed by atoms with Crippen LogP contribution in [0.25, 0.3) is 11.6 Å². The predicted molar refractivity (Wildman–Crippen MR) is 106 cm³/mol. The first-order valence-corrected chi connectivity index (χ1v) is 10.1. The van der Waals surface area contributed by atoms with Gasteiger partial charge < -0.3 is 10.3 Å². The SMILES string of the molecule is CCOC(=O)C(=[N+]=[N-])C(/C=C/c1ccccc1)NS(=O)(=O)c1ccc(C)cc1. The summed E-state index contributed by atoms with van der Waals surface area (Å²) in [6.07, 6.45) is 3.04. The van der Waals surface area contributed by atoms with Crippen LogP contribution in [0.3, 0.4) is 0 Å². The summed E-state index contributed by atoms with van der Waals surface area (Å²) in [6, 6.07) is 14.1. The molecule has 28 heavy (non-hydrogen) atoms. The molecule has 0 amide bonds. The summed E-state index contributed by atoms with van der Waals surface area (Å²) in [5.41, 5.74) is 10.5. The van der Waals surface area contributed by atoms with E-state index in [1.165, 1.54) is 18.2 Å². The van der Waals surface area contributed by atoms with E-state index in [9.17, 15) is 18.7 Å². The van der Waals surface area contributed by atoms with Gasteiger partial charge in [-0.15, -0.1) is 0 Å². The third kappa shape index (κ3) is 5.72. The number of carbonyl (C=O) groups is 1. The second kappa shape index (κ2) is 9.75. The van der Waals surface area contributed by atoms with Crippen LogP contribution in [0.4, 0.5) is 0 Å². The zero-order chi connectivity index (χ0) is 20.6. The fraction of sp³-hybridized carbons (Fsp3) is 0.200. The van der Waals surface area contributed by atoms with Crippen LogP contribution in [0.2, 0.25) is 0 Å². The first-order valence-electron chi connectivity index (χ1n) is 8.58. The summed E-state index contributed by atoms with van der Waals surface area (Å²) < 4.78 is 32.7. The van der Waals surface area contributed by atoms with Crippen LogP contribution in [0, 0.1) is 6.92 Å². The van der Waals surface area contributed by atoms with Crippen LogP contribution in [0.1, 0.15) is 18.1 Å². The summed E-state index contributed by atoms with van der Waals surface area (Å²) in [5, 5.41) is 0. The maximum atomic E-state index is 12.7. The fourth-order valence-electron chi connectivity index (χ4n) is 2.35. The van der Waals surface area contributed by atoms with Crippen LogP contribution in [-0.2, 0) is 19.6 Å². The predicted octanol–water partition coefficient (Wildman–Crippen LogP) is 2.59. The van der Waals surface area contributed by atoms with Gasteiger partial charge >= 0.3 is 11.7 Å². The first kappa shape index (κ1) is 21.2. The van der Waals surface area contributed by atoms with E-state index < -0.39 is 27.7 Å². The highest BCUT2D eigenvalue weighted by atomic mass is 32.2. The molecule has 146 valence electrons. The van der Waals surface area contributed by atoms with E-state index in [2.05, 4.69) is 9.51 Å². The third-order valence-corrected chi connectivity index (χ3v) is 5.24. The molecule has 0 saturated heterocycles. The molecular weight excluding hydrogens is 378 g/mol. The minimum absolute atomic E-state index is 0.0253. The summed E-state index contributed by atoms with van der Waals surface area (Å²) in [6.45, 7) is 3.49. The molecule has 0 spiro atoms. The Morgan fingerprint density at radius 2 is 1.82 bits per heavy atom. The Morgan fingerprint density at radius 3 is 2.39 bits per heavy atom. The molecule has 2 aromatic rings. The van der Waals surface area contributed by atoms with Gasteiger partial charge in [-0.3, -0.25) is 0 Å². The average molecular weight is 399 g/mol. The highest BCUT2D eigenvalue weighted by Gasteiger charge is 2.34. The van der Waals surface area contributed by atoms with E-state index in [1.54, 1.807) is 25.1 Å². The van der Waals surface area contributed by atoms with Crippen LogP contribution in [0.15, 0.2) is 65.6 Å². The van der Waals surface area contributed by atoms with E-state index >= 15 is 0 Å². The van der Waals surface area contributed by atoms with Crippen molar-refractivity contribution in [1.29, 1.82) is 0 Å². The zero-order valence-corrected chi connectivity index (χ0v) is 16.4. The van der Waals surface area contributed by atoms with Crippen LogP contribution in [0.5, 0.6) is 0 Å². The first-order chi connectivity index (χ1) is 13.4. The molecular formula is C20H21N3O4S. The van der Waals surface area contributed by atoms with Gasteiger partial charge in [-0.2, -0.15) is 9.51 Å².